The second kappa shape index (κ2) is 7.64. The van der Waals surface area contributed by atoms with Crippen LogP contribution in [0.5, 0.6) is 0 Å². The molecule has 2 heterocycles. The van der Waals surface area contributed by atoms with E-state index in [9.17, 15) is 0 Å². The molecule has 0 N–H and O–H groups in total. The van der Waals surface area contributed by atoms with E-state index in [2.05, 4.69) is 47.5 Å². The molecule has 0 aliphatic carbocycles. The largest absolute Gasteiger partial charge is 0.240 e. The van der Waals surface area contributed by atoms with Crippen molar-refractivity contribution >= 4 is 76.2 Å². The molecular weight excluding hydrogens is 446 g/mol. The van der Waals surface area contributed by atoms with Gasteiger partial charge in [0.1, 0.15) is 11.0 Å². The summed E-state index contributed by atoms with van der Waals surface area (Å²) in [6.45, 7) is 2.26. The Balaban J connectivity index is 1.75. The van der Waals surface area contributed by atoms with Crippen LogP contribution in [0, 0.1) is 0 Å². The second-order valence-electron chi connectivity index (χ2n) is 5.39. The van der Waals surface area contributed by atoms with Crippen LogP contribution in [0.1, 0.15) is 50.5 Å². The fourth-order valence-corrected chi connectivity index (χ4v) is 5.77. The van der Waals surface area contributed by atoms with Crippen LogP contribution in [0.3, 0.4) is 0 Å². The van der Waals surface area contributed by atoms with E-state index in [1.54, 1.807) is 11.3 Å². The summed E-state index contributed by atoms with van der Waals surface area (Å²) in [5.74, 6) is 0. The van der Waals surface area contributed by atoms with Gasteiger partial charge in [0.25, 0.3) is 0 Å². The molecule has 22 heavy (non-hydrogen) atoms. The average molecular weight is 463 g/mol. The van der Waals surface area contributed by atoms with E-state index in [0.29, 0.717) is 0 Å². The molecule has 0 saturated heterocycles. The number of hydrogen-bond donors (Lipinski definition) is 0. The van der Waals surface area contributed by atoms with E-state index in [4.69, 9.17) is 4.98 Å². The third-order valence-corrected chi connectivity index (χ3v) is 7.17. The van der Waals surface area contributed by atoms with E-state index in [-0.39, 0.29) is 0 Å². The van der Waals surface area contributed by atoms with Gasteiger partial charge in [-0.15, -0.1) is 11.3 Å². The van der Waals surface area contributed by atoms with Gasteiger partial charge in [0.2, 0.25) is 0 Å². The monoisotopic (exact) mass is 461 g/mol. The molecule has 0 aliphatic rings. The highest BCUT2D eigenvalue weighted by molar-refractivity contribution is 9.11. The number of fused-ring (bicyclic) bond motifs is 2. The van der Waals surface area contributed by atoms with E-state index in [1.165, 1.54) is 60.0 Å². The quantitative estimate of drug-likeness (QED) is 0.365. The van der Waals surface area contributed by atoms with Crippen molar-refractivity contribution in [3.63, 3.8) is 0 Å². The fraction of sp³-hybridized carbons (Fsp3) is 0.533. The van der Waals surface area contributed by atoms with E-state index < -0.39 is 0 Å². The Morgan fingerprint density at radius 3 is 2.32 bits per heavy atom. The predicted octanol–water partition coefficient (Wildman–Crippen LogP) is 6.73. The van der Waals surface area contributed by atoms with Crippen molar-refractivity contribution in [2.24, 2.45) is 0 Å². The molecular formula is C15H17Br2N3S2. The summed E-state index contributed by atoms with van der Waals surface area (Å²) < 4.78 is 11.9. The summed E-state index contributed by atoms with van der Waals surface area (Å²) in [5, 5.41) is 1.21. The van der Waals surface area contributed by atoms with Gasteiger partial charge >= 0.3 is 0 Å². The molecule has 2 aromatic heterocycles. The number of aryl methyl sites for hydroxylation is 1. The van der Waals surface area contributed by atoms with Gasteiger partial charge in [-0.3, -0.25) is 0 Å². The van der Waals surface area contributed by atoms with Crippen LogP contribution in [-0.2, 0) is 6.42 Å². The number of benzene rings is 1. The maximum atomic E-state index is 4.82. The lowest BCUT2D eigenvalue weighted by atomic mass is 10.1. The van der Waals surface area contributed by atoms with Crippen molar-refractivity contribution < 1.29 is 0 Å². The predicted molar refractivity (Wildman–Crippen MR) is 103 cm³/mol. The van der Waals surface area contributed by atoms with Crippen molar-refractivity contribution in [1.82, 2.24) is 13.7 Å². The first-order valence-corrected chi connectivity index (χ1v) is 10.7. The number of thiazole rings is 1. The molecule has 0 atom stereocenters. The Bertz CT molecular complexity index is 728. The van der Waals surface area contributed by atoms with Crippen LogP contribution in [0.15, 0.2) is 8.95 Å². The van der Waals surface area contributed by atoms with Gasteiger partial charge in [-0.1, -0.05) is 39.0 Å². The molecule has 0 unspecified atom stereocenters. The van der Waals surface area contributed by atoms with Crippen LogP contribution in [0.2, 0.25) is 0 Å². The Kier molecular flexibility index (Phi) is 5.81. The van der Waals surface area contributed by atoms with Gasteiger partial charge < -0.3 is 0 Å². The first-order chi connectivity index (χ1) is 10.7. The molecule has 3 nitrogen and oxygen atoms in total. The standard InChI is InChI=1S/C15H17Br2N3S2/c1-2-3-4-5-6-7-8-9-18-14-10(16)12-13(20-22-19-12)11(17)15(14)21-9/h2-8H2,1H3. The van der Waals surface area contributed by atoms with Crippen LogP contribution in [0.25, 0.3) is 21.3 Å². The number of nitrogens with zero attached hydrogens (tertiary/aromatic N) is 3. The summed E-state index contributed by atoms with van der Waals surface area (Å²) in [4.78, 5) is 4.82. The summed E-state index contributed by atoms with van der Waals surface area (Å²) in [6, 6.07) is 0. The van der Waals surface area contributed by atoms with E-state index >= 15 is 0 Å². The van der Waals surface area contributed by atoms with Crippen molar-refractivity contribution in [2.45, 2.75) is 51.9 Å². The van der Waals surface area contributed by atoms with Crippen LogP contribution < -0.4 is 0 Å². The second-order valence-corrected chi connectivity index (χ2v) is 8.59. The SMILES string of the molecule is CCCCCCCCc1nc2c(Br)c3nsnc3c(Br)c2s1. The third kappa shape index (κ3) is 3.37. The minimum atomic E-state index is 0.904. The number of unbranched alkanes of at least 4 members (excludes halogenated alkanes) is 5. The zero-order chi connectivity index (χ0) is 15.5. The summed E-state index contributed by atoms with van der Waals surface area (Å²) in [7, 11) is 0. The van der Waals surface area contributed by atoms with Gasteiger partial charge in [-0.05, 0) is 44.7 Å². The van der Waals surface area contributed by atoms with Gasteiger partial charge in [0.15, 0.2) is 0 Å². The van der Waals surface area contributed by atoms with Crippen molar-refractivity contribution in [1.29, 1.82) is 0 Å². The lowest BCUT2D eigenvalue weighted by Gasteiger charge is -1.98. The number of aromatic nitrogens is 3. The lowest BCUT2D eigenvalue weighted by molar-refractivity contribution is 0.607. The highest BCUT2D eigenvalue weighted by Crippen LogP contribution is 2.41. The van der Waals surface area contributed by atoms with Crippen molar-refractivity contribution in [2.75, 3.05) is 0 Å². The maximum absolute atomic E-state index is 4.82. The summed E-state index contributed by atoms with van der Waals surface area (Å²) >= 11 is 10.3. The topological polar surface area (TPSA) is 38.7 Å². The van der Waals surface area contributed by atoms with E-state index in [1.807, 2.05) is 0 Å². The minimum Gasteiger partial charge on any atom is -0.240 e. The zero-order valence-corrected chi connectivity index (χ0v) is 17.2. The van der Waals surface area contributed by atoms with Crippen LogP contribution in [0.4, 0.5) is 0 Å². The van der Waals surface area contributed by atoms with Gasteiger partial charge in [0, 0.05) is 0 Å². The molecule has 0 aliphatic heterocycles. The summed E-state index contributed by atoms with van der Waals surface area (Å²) in [6.07, 6.45) is 8.96. The molecule has 0 saturated carbocycles. The maximum Gasteiger partial charge on any atom is 0.122 e. The van der Waals surface area contributed by atoms with E-state index in [0.717, 1.165) is 31.9 Å². The number of hydrogen-bond acceptors (Lipinski definition) is 5. The Morgan fingerprint density at radius 2 is 1.55 bits per heavy atom. The number of halogens is 2. The molecule has 0 spiro atoms. The van der Waals surface area contributed by atoms with Gasteiger partial charge in [-0.25, -0.2) is 4.98 Å². The molecule has 3 aromatic rings. The molecule has 118 valence electrons. The zero-order valence-electron chi connectivity index (χ0n) is 12.4. The summed E-state index contributed by atoms with van der Waals surface area (Å²) in [5.41, 5.74) is 2.85. The molecule has 7 heteroatoms. The number of rotatable bonds is 7. The first-order valence-electron chi connectivity index (χ1n) is 7.61. The fourth-order valence-electron chi connectivity index (χ4n) is 2.52. The van der Waals surface area contributed by atoms with Crippen molar-refractivity contribution in [3.05, 3.63) is 14.0 Å². The molecule has 3 rings (SSSR count). The highest BCUT2D eigenvalue weighted by Gasteiger charge is 2.18. The molecule has 0 radical (unpaired) electrons. The highest BCUT2D eigenvalue weighted by atomic mass is 79.9. The Hall–Kier alpha value is -0.110. The van der Waals surface area contributed by atoms with Gasteiger partial charge in [0.05, 0.1) is 35.9 Å². The molecule has 0 amide bonds. The van der Waals surface area contributed by atoms with Gasteiger partial charge in [-0.2, -0.15) is 8.75 Å². The first kappa shape index (κ1) is 16.7. The Labute approximate surface area is 155 Å². The average Bonchev–Trinajstić information content (AvgIpc) is 3.15. The molecule has 0 bridgehead atoms. The Morgan fingerprint density at radius 1 is 0.864 bits per heavy atom. The van der Waals surface area contributed by atoms with Crippen LogP contribution in [-0.4, -0.2) is 13.7 Å². The molecule has 1 aromatic carbocycles. The van der Waals surface area contributed by atoms with Crippen LogP contribution >= 0.6 is 54.9 Å². The normalized spacial score (nSPS) is 11.8. The smallest absolute Gasteiger partial charge is 0.122 e. The lowest BCUT2D eigenvalue weighted by Crippen LogP contribution is -1.85. The third-order valence-electron chi connectivity index (χ3n) is 3.73. The van der Waals surface area contributed by atoms with Crippen molar-refractivity contribution in [3.8, 4) is 0 Å². The minimum absolute atomic E-state index is 0.904. The molecule has 0 fully saturated rings.